The number of anilines is 1. The van der Waals surface area contributed by atoms with Gasteiger partial charge in [-0.25, -0.2) is 0 Å². The van der Waals surface area contributed by atoms with Gasteiger partial charge in [-0.15, -0.1) is 0 Å². The van der Waals surface area contributed by atoms with E-state index in [0.29, 0.717) is 5.88 Å². The summed E-state index contributed by atoms with van der Waals surface area (Å²) in [6.07, 6.45) is 0. The SMILES string of the molecule is COc1cc(NCC(C)(C)C)nc(OC)c1. The van der Waals surface area contributed by atoms with Crippen molar-refractivity contribution in [3.05, 3.63) is 12.1 Å². The Labute approximate surface area is 97.0 Å². The predicted molar refractivity (Wildman–Crippen MR) is 65.3 cm³/mol. The van der Waals surface area contributed by atoms with Gasteiger partial charge in [-0.05, 0) is 5.41 Å². The molecule has 0 saturated heterocycles. The number of nitrogens with one attached hydrogen (secondary N) is 1. The zero-order chi connectivity index (χ0) is 12.2. The van der Waals surface area contributed by atoms with Gasteiger partial charge in [-0.2, -0.15) is 4.98 Å². The van der Waals surface area contributed by atoms with Crippen molar-refractivity contribution in [3.8, 4) is 11.6 Å². The average Bonchev–Trinajstić information content (AvgIpc) is 2.25. The van der Waals surface area contributed by atoms with Crippen molar-refractivity contribution in [2.75, 3.05) is 26.1 Å². The van der Waals surface area contributed by atoms with E-state index < -0.39 is 0 Å². The highest BCUT2D eigenvalue weighted by Crippen LogP contribution is 2.23. The molecule has 1 aromatic rings. The highest BCUT2D eigenvalue weighted by Gasteiger charge is 2.11. The number of pyridine rings is 1. The number of nitrogens with zero attached hydrogens (tertiary/aromatic N) is 1. The van der Waals surface area contributed by atoms with Gasteiger partial charge < -0.3 is 14.8 Å². The van der Waals surface area contributed by atoms with Crippen LogP contribution in [0.3, 0.4) is 0 Å². The molecule has 1 aromatic heterocycles. The van der Waals surface area contributed by atoms with Crippen molar-refractivity contribution < 1.29 is 9.47 Å². The molecule has 1 heterocycles. The fourth-order valence-corrected chi connectivity index (χ4v) is 1.15. The van der Waals surface area contributed by atoms with Crippen molar-refractivity contribution in [2.45, 2.75) is 20.8 Å². The Hall–Kier alpha value is -1.45. The fraction of sp³-hybridized carbons (Fsp3) is 0.583. The maximum atomic E-state index is 5.17. The molecule has 0 saturated carbocycles. The van der Waals surface area contributed by atoms with E-state index >= 15 is 0 Å². The van der Waals surface area contributed by atoms with Gasteiger partial charge in [0.1, 0.15) is 11.6 Å². The van der Waals surface area contributed by atoms with Gasteiger partial charge in [0, 0.05) is 18.7 Å². The molecule has 0 bridgehead atoms. The number of aromatic nitrogens is 1. The summed E-state index contributed by atoms with van der Waals surface area (Å²) in [5.41, 5.74) is 0.206. The predicted octanol–water partition coefficient (Wildman–Crippen LogP) is 2.56. The van der Waals surface area contributed by atoms with E-state index in [4.69, 9.17) is 9.47 Å². The smallest absolute Gasteiger partial charge is 0.218 e. The van der Waals surface area contributed by atoms with Gasteiger partial charge in [-0.1, -0.05) is 20.8 Å². The molecule has 0 radical (unpaired) electrons. The molecule has 90 valence electrons. The first kappa shape index (κ1) is 12.6. The summed E-state index contributed by atoms with van der Waals surface area (Å²) in [7, 11) is 3.22. The van der Waals surface area contributed by atoms with Crippen LogP contribution in [0.25, 0.3) is 0 Å². The van der Waals surface area contributed by atoms with Crippen LogP contribution < -0.4 is 14.8 Å². The van der Waals surface area contributed by atoms with Gasteiger partial charge in [0.15, 0.2) is 0 Å². The summed E-state index contributed by atoms with van der Waals surface area (Å²) in [5, 5.41) is 3.26. The molecular weight excluding hydrogens is 204 g/mol. The van der Waals surface area contributed by atoms with Crippen LogP contribution in [-0.4, -0.2) is 25.7 Å². The Balaban J connectivity index is 2.79. The van der Waals surface area contributed by atoms with E-state index in [1.807, 2.05) is 6.07 Å². The van der Waals surface area contributed by atoms with Crippen LogP contribution in [0.5, 0.6) is 11.6 Å². The lowest BCUT2D eigenvalue weighted by Gasteiger charge is -2.19. The number of hydrogen-bond acceptors (Lipinski definition) is 4. The minimum Gasteiger partial charge on any atom is -0.496 e. The molecule has 0 spiro atoms. The van der Waals surface area contributed by atoms with Crippen LogP contribution in [0.1, 0.15) is 20.8 Å². The summed E-state index contributed by atoms with van der Waals surface area (Å²) >= 11 is 0. The summed E-state index contributed by atoms with van der Waals surface area (Å²) in [4.78, 5) is 4.29. The van der Waals surface area contributed by atoms with Crippen molar-refractivity contribution in [3.63, 3.8) is 0 Å². The highest BCUT2D eigenvalue weighted by molar-refractivity contribution is 5.44. The lowest BCUT2D eigenvalue weighted by Crippen LogP contribution is -2.19. The molecule has 4 heteroatoms. The van der Waals surface area contributed by atoms with E-state index in [1.54, 1.807) is 20.3 Å². The van der Waals surface area contributed by atoms with E-state index in [1.165, 1.54) is 0 Å². The fourth-order valence-electron chi connectivity index (χ4n) is 1.15. The van der Waals surface area contributed by atoms with Gasteiger partial charge in [0.2, 0.25) is 5.88 Å². The zero-order valence-corrected chi connectivity index (χ0v) is 10.6. The second-order valence-corrected chi connectivity index (χ2v) is 4.85. The zero-order valence-electron chi connectivity index (χ0n) is 10.6. The molecule has 1 N–H and O–H groups in total. The Morgan fingerprint density at radius 2 is 1.88 bits per heavy atom. The molecule has 0 atom stereocenters. The second-order valence-electron chi connectivity index (χ2n) is 4.85. The summed E-state index contributed by atoms with van der Waals surface area (Å²) in [6.45, 7) is 7.34. The monoisotopic (exact) mass is 224 g/mol. The second kappa shape index (κ2) is 5.05. The standard InChI is InChI=1S/C12H20N2O2/c1-12(2,3)8-13-10-6-9(15-4)7-11(14-10)16-5/h6-7H,8H2,1-5H3,(H,13,14). The Bertz CT molecular complexity index is 323. The largest absolute Gasteiger partial charge is 0.496 e. The van der Waals surface area contributed by atoms with Gasteiger partial charge in [-0.3, -0.25) is 0 Å². The Morgan fingerprint density at radius 3 is 2.38 bits per heavy atom. The Morgan fingerprint density at radius 1 is 1.19 bits per heavy atom. The van der Waals surface area contributed by atoms with Crippen molar-refractivity contribution in [2.24, 2.45) is 5.41 Å². The molecule has 0 fully saturated rings. The minimum atomic E-state index is 0.206. The first-order valence-corrected chi connectivity index (χ1v) is 5.28. The number of ether oxygens (including phenoxy) is 2. The van der Waals surface area contributed by atoms with E-state index in [0.717, 1.165) is 18.1 Å². The van der Waals surface area contributed by atoms with E-state index in [-0.39, 0.29) is 5.41 Å². The van der Waals surface area contributed by atoms with Crippen LogP contribution >= 0.6 is 0 Å². The van der Waals surface area contributed by atoms with Crippen LogP contribution in [-0.2, 0) is 0 Å². The molecule has 0 amide bonds. The van der Waals surface area contributed by atoms with Crippen molar-refractivity contribution in [1.29, 1.82) is 0 Å². The molecule has 0 aliphatic rings. The molecule has 0 aromatic carbocycles. The third-order valence-corrected chi connectivity index (χ3v) is 2.02. The maximum Gasteiger partial charge on any atom is 0.218 e. The van der Waals surface area contributed by atoms with Gasteiger partial charge >= 0.3 is 0 Å². The lowest BCUT2D eigenvalue weighted by atomic mass is 9.97. The molecule has 0 unspecified atom stereocenters. The summed E-state index contributed by atoms with van der Waals surface area (Å²) < 4.78 is 10.3. The number of rotatable bonds is 4. The van der Waals surface area contributed by atoms with Gasteiger partial charge in [0.25, 0.3) is 0 Å². The van der Waals surface area contributed by atoms with Crippen molar-refractivity contribution in [1.82, 2.24) is 4.98 Å². The molecule has 0 aliphatic heterocycles. The molecule has 16 heavy (non-hydrogen) atoms. The van der Waals surface area contributed by atoms with E-state index in [9.17, 15) is 0 Å². The molecule has 1 rings (SSSR count). The quantitative estimate of drug-likeness (QED) is 0.853. The first-order valence-electron chi connectivity index (χ1n) is 5.28. The van der Waals surface area contributed by atoms with Crippen LogP contribution in [0.15, 0.2) is 12.1 Å². The van der Waals surface area contributed by atoms with E-state index in [2.05, 4.69) is 31.1 Å². The van der Waals surface area contributed by atoms with Crippen LogP contribution in [0.4, 0.5) is 5.82 Å². The molecular formula is C12H20N2O2. The number of hydrogen-bond donors (Lipinski definition) is 1. The maximum absolute atomic E-state index is 5.17. The summed E-state index contributed by atoms with van der Waals surface area (Å²) in [5.74, 6) is 2.06. The molecule has 0 aliphatic carbocycles. The van der Waals surface area contributed by atoms with Gasteiger partial charge in [0.05, 0.1) is 14.2 Å². The average molecular weight is 224 g/mol. The number of methoxy groups -OCH3 is 2. The Kier molecular flexibility index (Phi) is 3.99. The molecule has 4 nitrogen and oxygen atoms in total. The highest BCUT2D eigenvalue weighted by atomic mass is 16.5. The van der Waals surface area contributed by atoms with Crippen LogP contribution in [0.2, 0.25) is 0 Å². The van der Waals surface area contributed by atoms with Crippen molar-refractivity contribution >= 4 is 5.82 Å². The normalized spacial score (nSPS) is 11.1. The minimum absolute atomic E-state index is 0.206. The lowest BCUT2D eigenvalue weighted by molar-refractivity contribution is 0.382. The first-order chi connectivity index (χ1) is 7.44. The summed E-state index contributed by atoms with van der Waals surface area (Å²) in [6, 6.07) is 3.61. The third kappa shape index (κ3) is 3.96. The third-order valence-electron chi connectivity index (χ3n) is 2.02. The van der Waals surface area contributed by atoms with Crippen LogP contribution in [0, 0.1) is 5.41 Å². The topological polar surface area (TPSA) is 43.4 Å².